The lowest BCUT2D eigenvalue weighted by Gasteiger charge is -2.03. The van der Waals surface area contributed by atoms with Crippen molar-refractivity contribution in [3.8, 4) is 0 Å². The van der Waals surface area contributed by atoms with Crippen molar-refractivity contribution in [2.45, 2.75) is 6.61 Å². The van der Waals surface area contributed by atoms with Crippen LogP contribution in [0.2, 0.25) is 5.02 Å². The molecule has 21 heavy (non-hydrogen) atoms. The number of oxazole rings is 1. The van der Waals surface area contributed by atoms with Gasteiger partial charge in [-0.15, -0.1) is 0 Å². The van der Waals surface area contributed by atoms with Crippen molar-refractivity contribution >= 4 is 28.7 Å². The highest BCUT2D eigenvalue weighted by molar-refractivity contribution is 6.30. The van der Waals surface area contributed by atoms with E-state index in [1.54, 1.807) is 12.1 Å². The van der Waals surface area contributed by atoms with E-state index in [9.17, 15) is 9.18 Å². The molecular weight excluding hydrogens is 297 g/mol. The first kappa shape index (κ1) is 13.6. The Hall–Kier alpha value is -2.40. The second-order valence-corrected chi connectivity index (χ2v) is 4.71. The molecule has 0 bridgehead atoms. The van der Waals surface area contributed by atoms with Gasteiger partial charge in [-0.25, -0.2) is 14.2 Å². The van der Waals surface area contributed by atoms with Gasteiger partial charge in [0.05, 0.1) is 5.56 Å². The first-order valence-electron chi connectivity index (χ1n) is 6.10. The summed E-state index contributed by atoms with van der Waals surface area (Å²) < 4.78 is 23.9. The zero-order chi connectivity index (χ0) is 14.8. The third-order valence-electron chi connectivity index (χ3n) is 2.81. The molecule has 0 amide bonds. The first-order chi connectivity index (χ1) is 10.1. The molecule has 1 heterocycles. The molecule has 0 aliphatic carbocycles. The molecular formula is C15H9ClFNO3. The summed E-state index contributed by atoms with van der Waals surface area (Å²) in [7, 11) is 0. The Kier molecular flexibility index (Phi) is 3.58. The number of halogens is 2. The fourth-order valence-electron chi connectivity index (χ4n) is 1.84. The average molecular weight is 306 g/mol. The summed E-state index contributed by atoms with van der Waals surface area (Å²) in [4.78, 5) is 16.0. The first-order valence-corrected chi connectivity index (χ1v) is 6.48. The molecule has 1 aromatic heterocycles. The summed E-state index contributed by atoms with van der Waals surface area (Å²) in [6.07, 6.45) is 0. The highest BCUT2D eigenvalue weighted by atomic mass is 35.5. The van der Waals surface area contributed by atoms with Crippen LogP contribution >= 0.6 is 11.6 Å². The number of benzene rings is 2. The van der Waals surface area contributed by atoms with Crippen LogP contribution in [0.25, 0.3) is 11.1 Å². The summed E-state index contributed by atoms with van der Waals surface area (Å²) in [6, 6.07) is 10.8. The van der Waals surface area contributed by atoms with Gasteiger partial charge in [-0.1, -0.05) is 23.7 Å². The van der Waals surface area contributed by atoms with Crippen LogP contribution in [0.15, 0.2) is 46.9 Å². The zero-order valence-electron chi connectivity index (χ0n) is 10.7. The monoisotopic (exact) mass is 305 g/mol. The van der Waals surface area contributed by atoms with E-state index < -0.39 is 11.8 Å². The maximum absolute atomic E-state index is 13.5. The van der Waals surface area contributed by atoms with E-state index in [4.69, 9.17) is 20.8 Å². The van der Waals surface area contributed by atoms with E-state index in [2.05, 4.69) is 4.98 Å². The molecule has 0 aliphatic heterocycles. The van der Waals surface area contributed by atoms with Crippen LogP contribution in [0, 0.1) is 5.82 Å². The van der Waals surface area contributed by atoms with E-state index >= 15 is 0 Å². The molecule has 4 nitrogen and oxygen atoms in total. The van der Waals surface area contributed by atoms with E-state index in [1.807, 2.05) is 12.1 Å². The minimum Gasteiger partial charge on any atom is -0.452 e. The molecule has 0 aliphatic rings. The van der Waals surface area contributed by atoms with Gasteiger partial charge in [-0.3, -0.25) is 0 Å². The Morgan fingerprint density at radius 3 is 2.90 bits per heavy atom. The van der Waals surface area contributed by atoms with Crippen LogP contribution in [-0.2, 0) is 11.3 Å². The molecule has 0 N–H and O–H groups in total. The lowest BCUT2D eigenvalue weighted by atomic mass is 10.2. The number of nitrogens with zero attached hydrogens (tertiary/aromatic N) is 1. The minimum absolute atomic E-state index is 0.181. The molecule has 0 unspecified atom stereocenters. The number of carbonyl (C=O) groups is 1. The maximum Gasteiger partial charge on any atom is 0.341 e. The summed E-state index contributed by atoms with van der Waals surface area (Å²) in [5.74, 6) is -1.27. The number of para-hydroxylation sites is 2. The predicted molar refractivity (Wildman–Crippen MR) is 74.5 cm³/mol. The second-order valence-electron chi connectivity index (χ2n) is 4.28. The van der Waals surface area contributed by atoms with Crippen molar-refractivity contribution in [2.75, 3.05) is 0 Å². The van der Waals surface area contributed by atoms with Crippen LogP contribution in [0.5, 0.6) is 0 Å². The van der Waals surface area contributed by atoms with Crippen LogP contribution in [-0.4, -0.2) is 11.0 Å². The molecule has 0 saturated carbocycles. The van der Waals surface area contributed by atoms with Crippen molar-refractivity contribution in [3.63, 3.8) is 0 Å². The summed E-state index contributed by atoms with van der Waals surface area (Å²) in [5.41, 5.74) is 1.04. The Labute approximate surface area is 124 Å². The second kappa shape index (κ2) is 5.54. The van der Waals surface area contributed by atoms with E-state index in [-0.39, 0.29) is 23.1 Å². The number of fused-ring (bicyclic) bond motifs is 1. The van der Waals surface area contributed by atoms with Gasteiger partial charge < -0.3 is 9.15 Å². The highest BCUT2D eigenvalue weighted by Gasteiger charge is 2.15. The molecule has 0 spiro atoms. The van der Waals surface area contributed by atoms with Crippen molar-refractivity contribution < 1.29 is 18.3 Å². The smallest absolute Gasteiger partial charge is 0.341 e. The van der Waals surface area contributed by atoms with E-state index in [1.165, 1.54) is 12.1 Å². The third kappa shape index (κ3) is 2.87. The fraction of sp³-hybridized carbons (Fsp3) is 0.0667. The summed E-state index contributed by atoms with van der Waals surface area (Å²) in [5, 5.41) is 0.255. The minimum atomic E-state index is -0.822. The standard InChI is InChI=1S/C15H9ClFNO3/c16-9-5-6-11(17)10(7-9)15(19)20-8-14-18-12-3-1-2-4-13(12)21-14/h1-7H,8H2. The van der Waals surface area contributed by atoms with E-state index in [0.29, 0.717) is 11.1 Å². The van der Waals surface area contributed by atoms with Gasteiger partial charge in [-0.05, 0) is 30.3 Å². The number of rotatable bonds is 3. The number of esters is 1. The van der Waals surface area contributed by atoms with Crippen LogP contribution in [0.1, 0.15) is 16.2 Å². The lowest BCUT2D eigenvalue weighted by Crippen LogP contribution is -2.07. The van der Waals surface area contributed by atoms with Crippen molar-refractivity contribution in [2.24, 2.45) is 0 Å². The molecule has 2 aromatic carbocycles. The number of aromatic nitrogens is 1. The largest absolute Gasteiger partial charge is 0.452 e. The quantitative estimate of drug-likeness (QED) is 0.687. The summed E-state index contributed by atoms with van der Waals surface area (Å²) in [6.45, 7) is -0.181. The molecule has 3 aromatic rings. The molecule has 6 heteroatoms. The van der Waals surface area contributed by atoms with Crippen molar-refractivity contribution in [3.05, 3.63) is 64.8 Å². The fourth-order valence-corrected chi connectivity index (χ4v) is 2.01. The van der Waals surface area contributed by atoms with Gasteiger partial charge >= 0.3 is 5.97 Å². The summed E-state index contributed by atoms with van der Waals surface area (Å²) >= 11 is 5.73. The number of ether oxygens (including phenoxy) is 1. The van der Waals surface area contributed by atoms with Crippen LogP contribution < -0.4 is 0 Å². The molecule has 106 valence electrons. The Morgan fingerprint density at radius 2 is 2.10 bits per heavy atom. The molecule has 0 radical (unpaired) electrons. The number of hydrogen-bond acceptors (Lipinski definition) is 4. The predicted octanol–water partition coefficient (Wildman–Crippen LogP) is 3.98. The average Bonchev–Trinajstić information content (AvgIpc) is 2.90. The van der Waals surface area contributed by atoms with Gasteiger partial charge in [0, 0.05) is 5.02 Å². The Morgan fingerprint density at radius 1 is 1.29 bits per heavy atom. The molecule has 0 fully saturated rings. The molecule has 0 atom stereocenters. The highest BCUT2D eigenvalue weighted by Crippen LogP contribution is 2.18. The van der Waals surface area contributed by atoms with Crippen molar-refractivity contribution in [1.29, 1.82) is 0 Å². The number of hydrogen-bond donors (Lipinski definition) is 0. The molecule has 0 saturated heterocycles. The molecule has 3 rings (SSSR count). The van der Waals surface area contributed by atoms with Crippen molar-refractivity contribution in [1.82, 2.24) is 4.98 Å². The maximum atomic E-state index is 13.5. The third-order valence-corrected chi connectivity index (χ3v) is 3.05. The van der Waals surface area contributed by atoms with Gasteiger partial charge in [0.15, 0.2) is 12.2 Å². The topological polar surface area (TPSA) is 52.3 Å². The Balaban J connectivity index is 1.74. The van der Waals surface area contributed by atoms with Gasteiger partial charge in [0.1, 0.15) is 11.3 Å². The lowest BCUT2D eigenvalue weighted by molar-refractivity contribution is 0.0435. The normalized spacial score (nSPS) is 10.8. The van der Waals surface area contributed by atoms with Gasteiger partial charge in [0.2, 0.25) is 5.89 Å². The van der Waals surface area contributed by atoms with Gasteiger partial charge in [-0.2, -0.15) is 0 Å². The SMILES string of the molecule is O=C(OCc1nc2ccccc2o1)c1cc(Cl)ccc1F. The van der Waals surface area contributed by atoms with E-state index in [0.717, 1.165) is 6.07 Å². The zero-order valence-corrected chi connectivity index (χ0v) is 11.4. The number of carbonyl (C=O) groups excluding carboxylic acids is 1. The van der Waals surface area contributed by atoms with Gasteiger partial charge in [0.25, 0.3) is 0 Å². The van der Waals surface area contributed by atoms with Crippen LogP contribution in [0.3, 0.4) is 0 Å². The van der Waals surface area contributed by atoms with Crippen LogP contribution in [0.4, 0.5) is 4.39 Å². The Bertz CT molecular complexity index is 783.